The molecule has 0 aliphatic heterocycles. The van der Waals surface area contributed by atoms with Crippen LogP contribution in [0.5, 0.6) is 0 Å². The van der Waals surface area contributed by atoms with Gasteiger partial charge in [0.25, 0.3) is 0 Å². The largest absolute Gasteiger partial charge is 0.462 e. The maximum atomic E-state index is 12.7. The van der Waals surface area contributed by atoms with E-state index in [1.54, 1.807) is 0 Å². The number of fused-ring (bicyclic) bond motifs is 5. The predicted molar refractivity (Wildman–Crippen MR) is 138 cm³/mol. The molecule has 7 atom stereocenters. The average molecular weight is 473 g/mol. The number of carbonyl (C=O) groups excluding carboxylic acids is 2. The first-order valence-electron chi connectivity index (χ1n) is 15.1. The van der Waals surface area contributed by atoms with Crippen LogP contribution in [0.2, 0.25) is 0 Å². The summed E-state index contributed by atoms with van der Waals surface area (Å²) in [4.78, 5) is 24.8. The lowest BCUT2D eigenvalue weighted by Gasteiger charge is -2.60. The highest BCUT2D eigenvalue weighted by Gasteiger charge is 2.61. The number of rotatable bonds is 11. The molecule has 194 valence electrons. The van der Waals surface area contributed by atoms with Gasteiger partial charge in [-0.3, -0.25) is 9.59 Å². The molecule has 0 N–H and O–H groups in total. The number of carbonyl (C=O) groups is 2. The van der Waals surface area contributed by atoms with Gasteiger partial charge in [-0.25, -0.2) is 0 Å². The molecule has 4 rings (SSSR count). The molecule has 0 aromatic heterocycles. The Morgan fingerprint density at radius 3 is 2.24 bits per heavy atom. The van der Waals surface area contributed by atoms with Gasteiger partial charge < -0.3 is 4.74 Å². The third-order valence-corrected chi connectivity index (χ3v) is 11.2. The van der Waals surface area contributed by atoms with E-state index in [1.165, 1.54) is 83.5 Å². The first-order valence-corrected chi connectivity index (χ1v) is 15.1. The fourth-order valence-corrected chi connectivity index (χ4v) is 8.99. The minimum Gasteiger partial charge on any atom is -0.462 e. The molecule has 3 heteroatoms. The molecule has 0 heterocycles. The van der Waals surface area contributed by atoms with Crippen molar-refractivity contribution >= 4 is 11.8 Å². The van der Waals surface area contributed by atoms with E-state index >= 15 is 0 Å². The highest BCUT2D eigenvalue weighted by molar-refractivity contribution is 5.79. The van der Waals surface area contributed by atoms with Gasteiger partial charge in [-0.05, 0) is 80.5 Å². The van der Waals surface area contributed by atoms with Crippen LogP contribution in [0.25, 0.3) is 0 Å². The number of hydrogen-bond donors (Lipinski definition) is 0. The smallest absolute Gasteiger partial charge is 0.306 e. The topological polar surface area (TPSA) is 43.4 Å². The molecule has 3 nitrogen and oxygen atoms in total. The Hall–Kier alpha value is -0.860. The minimum atomic E-state index is 0.0541. The zero-order valence-electron chi connectivity index (χ0n) is 22.5. The van der Waals surface area contributed by atoms with Crippen molar-refractivity contribution in [3.63, 3.8) is 0 Å². The Kier molecular flexibility index (Phi) is 8.84. The van der Waals surface area contributed by atoms with E-state index in [2.05, 4.69) is 20.8 Å². The van der Waals surface area contributed by atoms with Crippen LogP contribution < -0.4 is 0 Å². The number of ether oxygens (including phenoxy) is 1. The van der Waals surface area contributed by atoms with E-state index in [1.807, 2.05) is 0 Å². The van der Waals surface area contributed by atoms with Gasteiger partial charge in [-0.1, -0.05) is 72.1 Å². The molecule has 4 fully saturated rings. The molecule has 34 heavy (non-hydrogen) atoms. The van der Waals surface area contributed by atoms with Crippen LogP contribution in [0.3, 0.4) is 0 Å². The maximum Gasteiger partial charge on any atom is 0.306 e. The molecule has 0 bridgehead atoms. The van der Waals surface area contributed by atoms with Crippen LogP contribution >= 0.6 is 0 Å². The van der Waals surface area contributed by atoms with Crippen LogP contribution in [0.4, 0.5) is 0 Å². The lowest BCUT2D eigenvalue weighted by molar-refractivity contribution is -0.164. The molecule has 0 amide bonds. The first kappa shape index (κ1) is 26.2. The summed E-state index contributed by atoms with van der Waals surface area (Å²) in [7, 11) is 0. The molecule has 4 saturated carbocycles. The fourth-order valence-electron chi connectivity index (χ4n) is 8.99. The zero-order chi connectivity index (χ0) is 24.2. The number of ketones is 1. The SMILES string of the molecule is CCCCCCCCCCCC(=O)O[C@@H]1CCC2C3CC[C@@H]4CC(=O)CC[C@]4(C)C3CC[C@@]21C. The Labute approximate surface area is 209 Å². The molecule has 0 aromatic carbocycles. The second-order valence-corrected chi connectivity index (χ2v) is 13.1. The van der Waals surface area contributed by atoms with Crippen molar-refractivity contribution in [3.05, 3.63) is 0 Å². The lowest BCUT2D eigenvalue weighted by Crippen LogP contribution is -2.54. The highest BCUT2D eigenvalue weighted by atomic mass is 16.5. The predicted octanol–water partition coefficient (Wildman–Crippen LogP) is 8.43. The monoisotopic (exact) mass is 472 g/mol. The molecule has 0 radical (unpaired) electrons. The van der Waals surface area contributed by atoms with Crippen molar-refractivity contribution in [2.24, 2.45) is 34.5 Å². The Bertz CT molecular complexity index is 701. The quantitative estimate of drug-likeness (QED) is 0.224. The second-order valence-electron chi connectivity index (χ2n) is 13.1. The Balaban J connectivity index is 1.22. The molecule has 0 spiro atoms. The van der Waals surface area contributed by atoms with Crippen LogP contribution in [0.1, 0.15) is 143 Å². The molecule has 4 aliphatic carbocycles. The summed E-state index contributed by atoms with van der Waals surface area (Å²) < 4.78 is 6.20. The van der Waals surface area contributed by atoms with E-state index in [0.717, 1.165) is 43.9 Å². The molecule has 0 aromatic rings. The van der Waals surface area contributed by atoms with Crippen LogP contribution in [-0.4, -0.2) is 17.9 Å². The van der Waals surface area contributed by atoms with Crippen LogP contribution in [-0.2, 0) is 14.3 Å². The van der Waals surface area contributed by atoms with Gasteiger partial charge in [-0.2, -0.15) is 0 Å². The number of esters is 1. The minimum absolute atomic E-state index is 0.0541. The van der Waals surface area contributed by atoms with Crippen molar-refractivity contribution in [2.75, 3.05) is 0 Å². The van der Waals surface area contributed by atoms with Gasteiger partial charge in [0, 0.05) is 24.7 Å². The van der Waals surface area contributed by atoms with Crippen molar-refractivity contribution in [1.29, 1.82) is 0 Å². The highest BCUT2D eigenvalue weighted by Crippen LogP contribution is 2.66. The Morgan fingerprint density at radius 2 is 1.50 bits per heavy atom. The van der Waals surface area contributed by atoms with Crippen molar-refractivity contribution < 1.29 is 14.3 Å². The van der Waals surface area contributed by atoms with E-state index < -0.39 is 0 Å². The molecular weight excluding hydrogens is 420 g/mol. The molecule has 4 aliphatic rings. The molecule has 0 saturated heterocycles. The normalized spacial score (nSPS) is 39.3. The average Bonchev–Trinajstić information content (AvgIpc) is 3.14. The number of unbranched alkanes of at least 4 members (excludes halogenated alkanes) is 8. The van der Waals surface area contributed by atoms with E-state index in [0.29, 0.717) is 29.5 Å². The summed E-state index contributed by atoms with van der Waals surface area (Å²) >= 11 is 0. The third kappa shape index (κ3) is 5.44. The van der Waals surface area contributed by atoms with Gasteiger partial charge in [0.1, 0.15) is 11.9 Å². The summed E-state index contributed by atoms with van der Waals surface area (Å²) in [6, 6.07) is 0. The molecule has 3 unspecified atom stereocenters. The maximum absolute atomic E-state index is 12.7. The van der Waals surface area contributed by atoms with Gasteiger partial charge in [0.15, 0.2) is 0 Å². The molecular formula is C31H52O3. The first-order chi connectivity index (χ1) is 16.4. The van der Waals surface area contributed by atoms with E-state index in [-0.39, 0.29) is 17.5 Å². The lowest BCUT2D eigenvalue weighted by atomic mass is 9.45. The van der Waals surface area contributed by atoms with Crippen molar-refractivity contribution in [3.8, 4) is 0 Å². The van der Waals surface area contributed by atoms with Crippen molar-refractivity contribution in [2.45, 2.75) is 149 Å². The summed E-state index contributed by atoms with van der Waals surface area (Å²) in [5.41, 5.74) is 0.534. The number of Topliss-reactive ketones (excluding diaryl/α,β-unsaturated/α-hetero) is 1. The van der Waals surface area contributed by atoms with Gasteiger partial charge >= 0.3 is 5.97 Å². The standard InChI is InChI=1S/C31H52O3/c1-4-5-6-7-8-9-10-11-12-13-29(33)34-28-17-16-26-25-15-14-23-22-24(32)18-20-30(23,2)27(25)19-21-31(26,28)3/h23,25-28H,4-22H2,1-3H3/t23-,25?,26?,27?,28-,30+,31+/m1/s1. The number of hydrogen-bond acceptors (Lipinski definition) is 3. The van der Waals surface area contributed by atoms with Crippen molar-refractivity contribution in [1.82, 2.24) is 0 Å². The Morgan fingerprint density at radius 1 is 0.824 bits per heavy atom. The van der Waals surface area contributed by atoms with E-state index in [9.17, 15) is 9.59 Å². The second kappa shape index (κ2) is 11.5. The van der Waals surface area contributed by atoms with Gasteiger partial charge in [0.05, 0.1) is 0 Å². The summed E-state index contributed by atoms with van der Waals surface area (Å²) in [6.07, 6.45) is 22.3. The summed E-state index contributed by atoms with van der Waals surface area (Å²) in [6.45, 7) is 7.22. The third-order valence-electron chi connectivity index (χ3n) is 11.2. The van der Waals surface area contributed by atoms with Crippen LogP contribution in [0.15, 0.2) is 0 Å². The summed E-state index contributed by atoms with van der Waals surface area (Å²) in [5, 5.41) is 0. The van der Waals surface area contributed by atoms with Gasteiger partial charge in [-0.15, -0.1) is 0 Å². The zero-order valence-corrected chi connectivity index (χ0v) is 22.5. The fraction of sp³-hybridized carbons (Fsp3) is 0.935. The van der Waals surface area contributed by atoms with E-state index in [4.69, 9.17) is 4.74 Å². The van der Waals surface area contributed by atoms with Gasteiger partial charge in [0.2, 0.25) is 0 Å². The summed E-state index contributed by atoms with van der Waals surface area (Å²) in [5.74, 6) is 3.42. The van der Waals surface area contributed by atoms with Crippen LogP contribution in [0, 0.1) is 34.5 Å².